The van der Waals surface area contributed by atoms with Gasteiger partial charge in [0.25, 0.3) is 5.56 Å². The van der Waals surface area contributed by atoms with Crippen LogP contribution in [-0.4, -0.2) is 33.9 Å². The number of rotatable bonds is 6. The highest BCUT2D eigenvalue weighted by Crippen LogP contribution is 2.24. The molecule has 0 spiro atoms. The van der Waals surface area contributed by atoms with E-state index < -0.39 is 0 Å². The fraction of sp³-hybridized carbons (Fsp3) is 0.615. The van der Waals surface area contributed by atoms with Gasteiger partial charge in [-0.1, -0.05) is 28.4 Å². The van der Waals surface area contributed by atoms with Crippen molar-refractivity contribution in [3.8, 4) is 0 Å². The zero-order chi connectivity index (χ0) is 12.1. The lowest BCUT2D eigenvalue weighted by atomic mass is 9.91. The Kier molecular flexibility index (Phi) is 4.80. The summed E-state index contributed by atoms with van der Waals surface area (Å²) in [6.07, 6.45) is 5.86. The molecule has 1 fully saturated rings. The third-order valence-corrected chi connectivity index (χ3v) is 3.84. The van der Waals surface area contributed by atoms with E-state index in [1.165, 1.54) is 19.3 Å². The first-order valence-electron chi connectivity index (χ1n) is 6.27. The quantitative estimate of drug-likeness (QED) is 0.752. The molecule has 1 heterocycles. The molecule has 0 radical (unpaired) electrons. The monoisotopic (exact) mass is 298 g/mol. The van der Waals surface area contributed by atoms with Crippen LogP contribution < -0.4 is 5.56 Å². The van der Waals surface area contributed by atoms with Gasteiger partial charge in [0, 0.05) is 43.3 Å². The molecule has 0 bridgehead atoms. The van der Waals surface area contributed by atoms with Crippen LogP contribution in [-0.2, 0) is 6.54 Å². The highest BCUT2D eigenvalue weighted by Gasteiger charge is 2.23. The predicted molar refractivity (Wildman–Crippen MR) is 73.7 cm³/mol. The average molecular weight is 299 g/mol. The van der Waals surface area contributed by atoms with Gasteiger partial charge in [-0.15, -0.1) is 0 Å². The van der Waals surface area contributed by atoms with E-state index in [1.54, 1.807) is 16.7 Å². The molecule has 0 N–H and O–H groups in total. The molecule has 3 nitrogen and oxygen atoms in total. The fourth-order valence-corrected chi connectivity index (χ4v) is 2.67. The maximum absolute atomic E-state index is 11.6. The van der Waals surface area contributed by atoms with Crippen LogP contribution >= 0.6 is 15.9 Å². The first kappa shape index (κ1) is 12.8. The third-order valence-electron chi connectivity index (χ3n) is 3.49. The van der Waals surface area contributed by atoms with Crippen molar-refractivity contribution in [3.05, 3.63) is 34.7 Å². The molecule has 1 saturated carbocycles. The molecular formula is C13H19BrN2O. The van der Waals surface area contributed by atoms with E-state index in [4.69, 9.17) is 0 Å². The molecule has 1 aromatic heterocycles. The van der Waals surface area contributed by atoms with Crippen molar-refractivity contribution in [3.63, 3.8) is 0 Å². The lowest BCUT2D eigenvalue weighted by molar-refractivity contribution is 0.130. The van der Waals surface area contributed by atoms with Gasteiger partial charge in [0.15, 0.2) is 0 Å². The number of halogens is 1. The Labute approximate surface area is 111 Å². The Morgan fingerprint density at radius 2 is 2.18 bits per heavy atom. The van der Waals surface area contributed by atoms with Gasteiger partial charge in [0.2, 0.25) is 0 Å². The van der Waals surface area contributed by atoms with Gasteiger partial charge in [0.1, 0.15) is 0 Å². The summed E-state index contributed by atoms with van der Waals surface area (Å²) in [6, 6.07) is 6.07. The Hall–Kier alpha value is -0.610. The molecule has 0 aliphatic heterocycles. The van der Waals surface area contributed by atoms with Crippen LogP contribution in [0.4, 0.5) is 0 Å². The number of pyridine rings is 1. The molecular weight excluding hydrogens is 280 g/mol. The summed E-state index contributed by atoms with van der Waals surface area (Å²) in [5, 5.41) is 1.01. The topological polar surface area (TPSA) is 25.2 Å². The minimum atomic E-state index is 0.0971. The first-order valence-corrected chi connectivity index (χ1v) is 7.39. The summed E-state index contributed by atoms with van der Waals surface area (Å²) < 4.78 is 1.79. The van der Waals surface area contributed by atoms with Crippen LogP contribution in [0.2, 0.25) is 0 Å². The number of aromatic nitrogens is 1. The van der Waals surface area contributed by atoms with Crippen LogP contribution in [0.15, 0.2) is 29.2 Å². The molecule has 0 amide bonds. The minimum Gasteiger partial charge on any atom is -0.314 e. The van der Waals surface area contributed by atoms with Crippen LogP contribution in [0.3, 0.4) is 0 Å². The first-order chi connectivity index (χ1) is 8.31. The Balaban J connectivity index is 1.90. The molecule has 1 aliphatic carbocycles. The van der Waals surface area contributed by atoms with E-state index in [9.17, 15) is 4.79 Å². The summed E-state index contributed by atoms with van der Waals surface area (Å²) in [6.45, 7) is 2.84. The summed E-state index contributed by atoms with van der Waals surface area (Å²) in [5.74, 6) is 0. The second-order valence-corrected chi connectivity index (χ2v) is 5.33. The molecule has 0 saturated heterocycles. The molecule has 0 atom stereocenters. The smallest absolute Gasteiger partial charge is 0.250 e. The highest BCUT2D eigenvalue weighted by molar-refractivity contribution is 9.09. The number of hydrogen-bond acceptors (Lipinski definition) is 2. The molecule has 17 heavy (non-hydrogen) atoms. The lowest BCUT2D eigenvalue weighted by Crippen LogP contribution is -2.43. The van der Waals surface area contributed by atoms with Crippen LogP contribution in [0, 0.1) is 0 Å². The molecule has 1 aliphatic rings. The molecule has 4 heteroatoms. The van der Waals surface area contributed by atoms with E-state index >= 15 is 0 Å². The summed E-state index contributed by atoms with van der Waals surface area (Å²) >= 11 is 3.50. The van der Waals surface area contributed by atoms with Gasteiger partial charge in [-0.05, 0) is 18.9 Å². The van der Waals surface area contributed by atoms with Crippen LogP contribution in [0.5, 0.6) is 0 Å². The fourth-order valence-electron chi connectivity index (χ4n) is 2.22. The van der Waals surface area contributed by atoms with E-state index in [-0.39, 0.29) is 5.56 Å². The van der Waals surface area contributed by atoms with Crippen LogP contribution in [0.1, 0.15) is 19.3 Å². The maximum Gasteiger partial charge on any atom is 0.250 e. The van der Waals surface area contributed by atoms with Crippen molar-refractivity contribution in [1.29, 1.82) is 0 Å². The van der Waals surface area contributed by atoms with Crippen molar-refractivity contribution >= 4 is 15.9 Å². The molecule has 1 aromatic rings. The van der Waals surface area contributed by atoms with E-state index in [2.05, 4.69) is 20.8 Å². The molecule has 0 unspecified atom stereocenters. The highest BCUT2D eigenvalue weighted by atomic mass is 79.9. The number of alkyl halides is 1. The van der Waals surface area contributed by atoms with Gasteiger partial charge >= 0.3 is 0 Å². The number of nitrogens with zero attached hydrogens (tertiary/aromatic N) is 2. The van der Waals surface area contributed by atoms with Crippen LogP contribution in [0.25, 0.3) is 0 Å². The third kappa shape index (κ3) is 3.42. The van der Waals surface area contributed by atoms with Crippen molar-refractivity contribution < 1.29 is 0 Å². The SMILES string of the molecule is O=c1ccccn1CCN(CCBr)C1CCC1. The van der Waals surface area contributed by atoms with E-state index in [0.29, 0.717) is 0 Å². The summed E-state index contributed by atoms with van der Waals surface area (Å²) in [4.78, 5) is 14.1. The van der Waals surface area contributed by atoms with Gasteiger partial charge in [-0.2, -0.15) is 0 Å². The van der Waals surface area contributed by atoms with Gasteiger partial charge in [0.05, 0.1) is 0 Å². The van der Waals surface area contributed by atoms with E-state index in [1.807, 2.05) is 12.3 Å². The van der Waals surface area contributed by atoms with Crippen molar-refractivity contribution in [2.24, 2.45) is 0 Å². The minimum absolute atomic E-state index is 0.0971. The second-order valence-electron chi connectivity index (χ2n) is 4.54. The summed E-state index contributed by atoms with van der Waals surface area (Å²) in [7, 11) is 0. The lowest BCUT2D eigenvalue weighted by Gasteiger charge is -2.37. The summed E-state index contributed by atoms with van der Waals surface area (Å²) in [5.41, 5.74) is 0.0971. The zero-order valence-corrected chi connectivity index (χ0v) is 11.6. The predicted octanol–water partition coefficient (Wildman–Crippen LogP) is 2.10. The van der Waals surface area contributed by atoms with E-state index in [0.717, 1.165) is 31.0 Å². The number of hydrogen-bond donors (Lipinski definition) is 0. The molecule has 2 rings (SSSR count). The molecule has 94 valence electrons. The maximum atomic E-state index is 11.6. The standard InChI is InChI=1S/C13H19BrN2O/c14-7-9-15(12-4-3-5-12)10-11-16-8-2-1-6-13(16)17/h1-2,6,8,12H,3-5,7,9-11H2. The Bertz CT molecular complexity index is 400. The van der Waals surface area contributed by atoms with Gasteiger partial charge < -0.3 is 4.57 Å². The Morgan fingerprint density at radius 1 is 1.35 bits per heavy atom. The average Bonchev–Trinajstić information content (AvgIpc) is 2.25. The Morgan fingerprint density at radius 3 is 2.76 bits per heavy atom. The van der Waals surface area contributed by atoms with Crippen molar-refractivity contribution in [2.45, 2.75) is 31.8 Å². The van der Waals surface area contributed by atoms with Gasteiger partial charge in [-0.25, -0.2) is 0 Å². The van der Waals surface area contributed by atoms with Crippen molar-refractivity contribution in [1.82, 2.24) is 9.47 Å². The van der Waals surface area contributed by atoms with Crippen molar-refractivity contribution in [2.75, 3.05) is 18.4 Å². The molecule has 0 aromatic carbocycles. The van der Waals surface area contributed by atoms with Gasteiger partial charge in [-0.3, -0.25) is 9.69 Å². The zero-order valence-electron chi connectivity index (χ0n) is 10.0. The second kappa shape index (κ2) is 6.36. The normalized spacial score (nSPS) is 16.1. The largest absolute Gasteiger partial charge is 0.314 e.